The highest BCUT2D eigenvalue weighted by molar-refractivity contribution is 5.31. The van der Waals surface area contributed by atoms with Gasteiger partial charge in [0, 0.05) is 25.0 Å². The lowest BCUT2D eigenvalue weighted by molar-refractivity contribution is 0.384. The Balaban J connectivity index is 1.81. The third-order valence-corrected chi connectivity index (χ3v) is 3.29. The number of aryl methyl sites for hydroxylation is 1. The van der Waals surface area contributed by atoms with Crippen molar-refractivity contribution in [2.45, 2.75) is 26.7 Å². The minimum Gasteiger partial charge on any atom is -0.342 e. The highest BCUT2D eigenvalue weighted by Gasteiger charge is 2.20. The Bertz CT molecular complexity index is 313. The van der Waals surface area contributed by atoms with E-state index in [4.69, 9.17) is 0 Å². The van der Waals surface area contributed by atoms with Gasteiger partial charge in [-0.3, -0.25) is 0 Å². The van der Waals surface area contributed by atoms with Gasteiger partial charge in [-0.15, -0.1) is 0 Å². The molecule has 1 fully saturated rings. The van der Waals surface area contributed by atoms with E-state index in [1.807, 2.05) is 6.20 Å². The number of H-pyrrole nitrogens is 1. The summed E-state index contributed by atoms with van der Waals surface area (Å²) in [5.74, 6) is 1.88. The van der Waals surface area contributed by atoms with Crippen molar-refractivity contribution in [3.63, 3.8) is 0 Å². The molecule has 1 aliphatic rings. The Morgan fingerprint density at radius 3 is 2.81 bits per heavy atom. The van der Waals surface area contributed by atoms with Crippen molar-refractivity contribution >= 4 is 5.95 Å². The van der Waals surface area contributed by atoms with Gasteiger partial charge in [-0.05, 0) is 38.8 Å². The molecule has 2 N–H and O–H groups in total. The van der Waals surface area contributed by atoms with Crippen LogP contribution < -0.4 is 10.2 Å². The van der Waals surface area contributed by atoms with E-state index in [2.05, 4.69) is 34.0 Å². The minimum atomic E-state index is 0.840. The second-order valence-corrected chi connectivity index (χ2v) is 4.63. The second-order valence-electron chi connectivity index (χ2n) is 4.63. The summed E-state index contributed by atoms with van der Waals surface area (Å²) in [7, 11) is 0. The number of nitrogens with one attached hydrogen (secondary N) is 2. The van der Waals surface area contributed by atoms with Gasteiger partial charge in [0.25, 0.3) is 0 Å². The van der Waals surface area contributed by atoms with E-state index < -0.39 is 0 Å². The summed E-state index contributed by atoms with van der Waals surface area (Å²) < 4.78 is 0. The van der Waals surface area contributed by atoms with Crippen molar-refractivity contribution in [3.05, 3.63) is 11.9 Å². The van der Waals surface area contributed by atoms with Gasteiger partial charge in [-0.2, -0.15) is 0 Å². The Kier molecular flexibility index (Phi) is 3.83. The number of piperidine rings is 1. The topological polar surface area (TPSA) is 44.0 Å². The Morgan fingerprint density at radius 2 is 2.25 bits per heavy atom. The Morgan fingerprint density at radius 1 is 1.50 bits per heavy atom. The molecule has 0 aliphatic carbocycles. The molecular formula is C12H22N4. The van der Waals surface area contributed by atoms with Gasteiger partial charge in [0.05, 0.1) is 0 Å². The number of nitrogens with zero attached hydrogens (tertiary/aromatic N) is 2. The van der Waals surface area contributed by atoms with Gasteiger partial charge in [0.1, 0.15) is 0 Å². The SMILES string of the molecule is CCNCC1CCN(c2ncc(C)[nH]2)CC1. The molecule has 0 amide bonds. The summed E-state index contributed by atoms with van der Waals surface area (Å²) in [4.78, 5) is 10.0. The fourth-order valence-corrected chi connectivity index (χ4v) is 2.26. The third kappa shape index (κ3) is 2.76. The van der Waals surface area contributed by atoms with Crippen LogP contribution in [-0.2, 0) is 0 Å². The number of aromatic nitrogens is 2. The van der Waals surface area contributed by atoms with Gasteiger partial charge in [-0.1, -0.05) is 6.92 Å². The minimum absolute atomic E-state index is 0.840. The van der Waals surface area contributed by atoms with Crippen LogP contribution in [0.4, 0.5) is 5.95 Å². The van der Waals surface area contributed by atoms with Crippen LogP contribution in [0.15, 0.2) is 6.20 Å². The molecule has 2 heterocycles. The number of hydrogen-bond acceptors (Lipinski definition) is 3. The molecule has 1 aromatic rings. The monoisotopic (exact) mass is 222 g/mol. The van der Waals surface area contributed by atoms with Gasteiger partial charge in [0.2, 0.25) is 5.95 Å². The Hall–Kier alpha value is -1.03. The first kappa shape index (κ1) is 11.5. The highest BCUT2D eigenvalue weighted by Crippen LogP contribution is 2.20. The average molecular weight is 222 g/mol. The maximum Gasteiger partial charge on any atom is 0.202 e. The molecule has 0 radical (unpaired) electrons. The van der Waals surface area contributed by atoms with Crippen LogP contribution in [0.25, 0.3) is 0 Å². The molecule has 0 atom stereocenters. The lowest BCUT2D eigenvalue weighted by Gasteiger charge is -2.31. The van der Waals surface area contributed by atoms with E-state index in [1.54, 1.807) is 0 Å². The van der Waals surface area contributed by atoms with Crippen LogP contribution in [0.1, 0.15) is 25.5 Å². The van der Waals surface area contributed by atoms with E-state index in [0.29, 0.717) is 0 Å². The molecule has 90 valence electrons. The van der Waals surface area contributed by atoms with Gasteiger partial charge < -0.3 is 15.2 Å². The summed E-state index contributed by atoms with van der Waals surface area (Å²) in [6.07, 6.45) is 4.44. The number of imidazole rings is 1. The maximum atomic E-state index is 4.38. The van der Waals surface area contributed by atoms with Gasteiger partial charge >= 0.3 is 0 Å². The van der Waals surface area contributed by atoms with Gasteiger partial charge in [-0.25, -0.2) is 4.98 Å². The van der Waals surface area contributed by atoms with Crippen LogP contribution >= 0.6 is 0 Å². The van der Waals surface area contributed by atoms with Crippen molar-refractivity contribution in [1.82, 2.24) is 15.3 Å². The number of hydrogen-bond donors (Lipinski definition) is 2. The molecule has 4 nitrogen and oxygen atoms in total. The third-order valence-electron chi connectivity index (χ3n) is 3.29. The zero-order valence-electron chi connectivity index (χ0n) is 10.3. The predicted octanol–water partition coefficient (Wildman–Crippen LogP) is 1.54. The molecule has 4 heteroatoms. The second kappa shape index (κ2) is 5.34. The molecule has 0 bridgehead atoms. The lowest BCUT2D eigenvalue weighted by Crippen LogP contribution is -2.37. The summed E-state index contributed by atoms with van der Waals surface area (Å²) >= 11 is 0. The number of aromatic amines is 1. The fraction of sp³-hybridized carbons (Fsp3) is 0.750. The molecule has 0 saturated carbocycles. The molecule has 1 aliphatic heterocycles. The average Bonchev–Trinajstić information content (AvgIpc) is 2.74. The molecule has 1 aromatic heterocycles. The first-order valence-electron chi connectivity index (χ1n) is 6.27. The molecule has 0 spiro atoms. The normalized spacial score (nSPS) is 18.0. The molecule has 0 unspecified atom stereocenters. The quantitative estimate of drug-likeness (QED) is 0.812. The lowest BCUT2D eigenvalue weighted by atomic mass is 9.97. The van der Waals surface area contributed by atoms with Crippen LogP contribution in [-0.4, -0.2) is 36.1 Å². The van der Waals surface area contributed by atoms with E-state index in [0.717, 1.165) is 37.2 Å². The number of rotatable bonds is 4. The van der Waals surface area contributed by atoms with Crippen molar-refractivity contribution in [3.8, 4) is 0 Å². The van der Waals surface area contributed by atoms with Crippen LogP contribution in [0.3, 0.4) is 0 Å². The molecule has 1 saturated heterocycles. The van der Waals surface area contributed by atoms with Crippen molar-refractivity contribution in [2.75, 3.05) is 31.1 Å². The van der Waals surface area contributed by atoms with Crippen molar-refractivity contribution in [1.29, 1.82) is 0 Å². The zero-order valence-corrected chi connectivity index (χ0v) is 10.3. The van der Waals surface area contributed by atoms with E-state index in [9.17, 15) is 0 Å². The van der Waals surface area contributed by atoms with E-state index in [-0.39, 0.29) is 0 Å². The summed E-state index contributed by atoms with van der Waals surface area (Å²) in [6, 6.07) is 0. The van der Waals surface area contributed by atoms with E-state index in [1.165, 1.54) is 19.4 Å². The van der Waals surface area contributed by atoms with Crippen LogP contribution in [0.2, 0.25) is 0 Å². The first-order valence-corrected chi connectivity index (χ1v) is 6.27. The summed E-state index contributed by atoms with van der Waals surface area (Å²) in [5.41, 5.74) is 1.14. The fourth-order valence-electron chi connectivity index (χ4n) is 2.26. The zero-order chi connectivity index (χ0) is 11.4. The maximum absolute atomic E-state index is 4.38. The first-order chi connectivity index (χ1) is 7.79. The predicted molar refractivity (Wildman–Crippen MR) is 66.8 cm³/mol. The molecular weight excluding hydrogens is 200 g/mol. The molecule has 0 aromatic carbocycles. The van der Waals surface area contributed by atoms with Crippen molar-refractivity contribution < 1.29 is 0 Å². The van der Waals surface area contributed by atoms with Gasteiger partial charge in [0.15, 0.2) is 0 Å². The van der Waals surface area contributed by atoms with Crippen LogP contribution in [0, 0.1) is 12.8 Å². The smallest absolute Gasteiger partial charge is 0.202 e. The van der Waals surface area contributed by atoms with Crippen molar-refractivity contribution in [2.24, 2.45) is 5.92 Å². The highest BCUT2D eigenvalue weighted by atomic mass is 15.3. The van der Waals surface area contributed by atoms with E-state index >= 15 is 0 Å². The summed E-state index contributed by atoms with van der Waals surface area (Å²) in [6.45, 7) is 8.72. The molecule has 2 rings (SSSR count). The van der Waals surface area contributed by atoms with Crippen LogP contribution in [0.5, 0.6) is 0 Å². The Labute approximate surface area is 97.4 Å². The number of anilines is 1. The molecule has 16 heavy (non-hydrogen) atoms. The standard InChI is InChI=1S/C12H22N4/c1-3-13-9-11-4-6-16(7-5-11)12-14-8-10(2)15-12/h8,11,13H,3-7,9H2,1-2H3,(H,14,15). The largest absolute Gasteiger partial charge is 0.342 e. The summed E-state index contributed by atoms with van der Waals surface area (Å²) in [5, 5.41) is 3.43.